The Labute approximate surface area is 137 Å². The summed E-state index contributed by atoms with van der Waals surface area (Å²) in [5, 5.41) is 3.94. The third-order valence-electron chi connectivity index (χ3n) is 4.16. The summed E-state index contributed by atoms with van der Waals surface area (Å²) in [5.74, 6) is 0.105. The molecule has 1 saturated heterocycles. The third-order valence-corrected chi connectivity index (χ3v) is 5.21. The van der Waals surface area contributed by atoms with Gasteiger partial charge in [-0.2, -0.15) is 0 Å². The number of benzene rings is 2. The maximum atomic E-state index is 14.3. The van der Waals surface area contributed by atoms with E-state index in [4.69, 9.17) is 11.6 Å². The van der Waals surface area contributed by atoms with E-state index in [1.54, 1.807) is 12.1 Å². The first-order valence-electron chi connectivity index (χ1n) is 7.07. The molecule has 4 heteroatoms. The number of halogens is 3. The van der Waals surface area contributed by atoms with Gasteiger partial charge in [0.2, 0.25) is 0 Å². The van der Waals surface area contributed by atoms with Crippen LogP contribution < -0.4 is 5.32 Å². The Morgan fingerprint density at radius 2 is 1.90 bits per heavy atom. The Bertz CT molecular complexity index is 626. The normalized spacial score (nSPS) is 22.2. The Balaban J connectivity index is 2.05. The Morgan fingerprint density at radius 1 is 1.10 bits per heavy atom. The van der Waals surface area contributed by atoms with Crippen molar-refractivity contribution in [2.45, 2.75) is 18.3 Å². The molecule has 2 aromatic rings. The fraction of sp³-hybridized carbons (Fsp3) is 0.294. The molecule has 1 N–H and O–H groups in total. The van der Waals surface area contributed by atoms with Crippen LogP contribution in [0.1, 0.15) is 29.4 Å². The maximum Gasteiger partial charge on any atom is 0.128 e. The fourth-order valence-corrected chi connectivity index (χ4v) is 4.05. The van der Waals surface area contributed by atoms with Crippen molar-refractivity contribution in [2.24, 2.45) is 0 Å². The summed E-state index contributed by atoms with van der Waals surface area (Å²) in [4.78, 5) is 0. The smallest absolute Gasteiger partial charge is 0.128 e. The van der Waals surface area contributed by atoms with Crippen molar-refractivity contribution < 1.29 is 4.39 Å². The van der Waals surface area contributed by atoms with Crippen LogP contribution in [-0.2, 0) is 0 Å². The Hall–Kier alpha value is -0.900. The second kappa shape index (κ2) is 6.47. The van der Waals surface area contributed by atoms with Crippen LogP contribution in [0.5, 0.6) is 0 Å². The molecule has 2 atom stereocenters. The van der Waals surface area contributed by atoms with Gasteiger partial charge in [0.25, 0.3) is 0 Å². The lowest BCUT2D eigenvalue weighted by molar-refractivity contribution is 0.392. The van der Waals surface area contributed by atoms with Crippen LogP contribution >= 0.6 is 27.5 Å². The molecule has 0 aliphatic carbocycles. The molecule has 0 saturated carbocycles. The topological polar surface area (TPSA) is 12.0 Å². The molecule has 0 spiro atoms. The summed E-state index contributed by atoms with van der Waals surface area (Å²) in [6.07, 6.45) is 0.882. The third kappa shape index (κ3) is 3.01. The first-order chi connectivity index (χ1) is 10.2. The summed E-state index contributed by atoms with van der Waals surface area (Å²) in [6, 6.07) is 13.1. The van der Waals surface area contributed by atoms with Gasteiger partial charge in [0.05, 0.1) is 0 Å². The van der Waals surface area contributed by atoms with Crippen LogP contribution in [0.25, 0.3) is 0 Å². The van der Waals surface area contributed by atoms with Gasteiger partial charge in [-0.1, -0.05) is 51.8 Å². The molecule has 2 aromatic carbocycles. The average molecular weight is 369 g/mol. The van der Waals surface area contributed by atoms with E-state index in [1.165, 1.54) is 11.6 Å². The molecular weight excluding hydrogens is 353 g/mol. The van der Waals surface area contributed by atoms with Gasteiger partial charge in [-0.25, -0.2) is 4.39 Å². The molecule has 2 unspecified atom stereocenters. The molecule has 1 aliphatic rings. The zero-order valence-corrected chi connectivity index (χ0v) is 13.8. The highest BCUT2D eigenvalue weighted by Crippen LogP contribution is 2.43. The van der Waals surface area contributed by atoms with E-state index in [2.05, 4.69) is 27.3 Å². The molecule has 0 aromatic heterocycles. The van der Waals surface area contributed by atoms with Crippen molar-refractivity contribution in [3.8, 4) is 0 Å². The second-order valence-corrected chi connectivity index (χ2v) is 6.62. The van der Waals surface area contributed by atoms with Crippen molar-refractivity contribution in [1.82, 2.24) is 5.32 Å². The SMILES string of the molecule is Fc1cccc(Cl)c1C1CCNCC1c1ccccc1Br. The van der Waals surface area contributed by atoms with E-state index in [0.29, 0.717) is 10.6 Å². The quantitative estimate of drug-likeness (QED) is 0.777. The average Bonchev–Trinajstić information content (AvgIpc) is 2.48. The first-order valence-corrected chi connectivity index (χ1v) is 8.24. The van der Waals surface area contributed by atoms with Crippen LogP contribution in [0.2, 0.25) is 5.02 Å². The van der Waals surface area contributed by atoms with Crippen LogP contribution in [-0.4, -0.2) is 13.1 Å². The Kier molecular flexibility index (Phi) is 4.63. The molecule has 110 valence electrons. The number of hydrogen-bond acceptors (Lipinski definition) is 1. The summed E-state index contributed by atoms with van der Waals surface area (Å²) in [7, 11) is 0. The molecule has 1 heterocycles. The standard InChI is InChI=1S/C17H16BrClFN/c18-14-5-2-1-4-11(14)13-10-21-9-8-12(13)17-15(19)6-3-7-16(17)20/h1-7,12-13,21H,8-10H2. The van der Waals surface area contributed by atoms with Gasteiger partial charge in [0.1, 0.15) is 5.82 Å². The van der Waals surface area contributed by atoms with Gasteiger partial charge in [-0.15, -0.1) is 0 Å². The number of rotatable bonds is 2. The minimum absolute atomic E-state index is 0.0960. The van der Waals surface area contributed by atoms with Gasteiger partial charge >= 0.3 is 0 Å². The van der Waals surface area contributed by atoms with Crippen LogP contribution in [0.15, 0.2) is 46.9 Å². The van der Waals surface area contributed by atoms with Crippen LogP contribution in [0, 0.1) is 5.82 Å². The zero-order valence-electron chi connectivity index (χ0n) is 11.5. The van der Waals surface area contributed by atoms with Crippen molar-refractivity contribution in [3.63, 3.8) is 0 Å². The lowest BCUT2D eigenvalue weighted by Crippen LogP contribution is -2.34. The molecule has 1 nitrogen and oxygen atoms in total. The van der Waals surface area contributed by atoms with Gasteiger partial charge in [-0.05, 0) is 42.6 Å². The van der Waals surface area contributed by atoms with E-state index < -0.39 is 0 Å². The molecule has 21 heavy (non-hydrogen) atoms. The van der Waals surface area contributed by atoms with Gasteiger partial charge in [-0.3, -0.25) is 0 Å². The van der Waals surface area contributed by atoms with Crippen molar-refractivity contribution in [2.75, 3.05) is 13.1 Å². The monoisotopic (exact) mass is 367 g/mol. The summed E-state index contributed by atoms with van der Waals surface area (Å²) >= 11 is 9.90. The maximum absolute atomic E-state index is 14.3. The summed E-state index contributed by atoms with van der Waals surface area (Å²) in [5.41, 5.74) is 1.86. The predicted molar refractivity (Wildman–Crippen MR) is 88.5 cm³/mol. The van der Waals surface area contributed by atoms with E-state index in [-0.39, 0.29) is 17.7 Å². The van der Waals surface area contributed by atoms with Gasteiger partial charge in [0, 0.05) is 27.5 Å². The van der Waals surface area contributed by atoms with Crippen molar-refractivity contribution in [1.29, 1.82) is 0 Å². The predicted octanol–water partition coefficient (Wildman–Crippen LogP) is 5.10. The van der Waals surface area contributed by atoms with Crippen molar-refractivity contribution in [3.05, 3.63) is 68.9 Å². The number of hydrogen-bond donors (Lipinski definition) is 1. The van der Waals surface area contributed by atoms with Gasteiger partial charge < -0.3 is 5.32 Å². The molecule has 0 bridgehead atoms. The molecule has 1 fully saturated rings. The molecule has 0 amide bonds. The number of nitrogens with one attached hydrogen (secondary N) is 1. The minimum Gasteiger partial charge on any atom is -0.316 e. The second-order valence-electron chi connectivity index (χ2n) is 5.36. The van der Waals surface area contributed by atoms with E-state index in [1.807, 2.05) is 18.2 Å². The number of piperidine rings is 1. The molecular formula is C17H16BrClFN. The summed E-state index contributed by atoms with van der Waals surface area (Å²) < 4.78 is 15.4. The molecule has 0 radical (unpaired) electrons. The Morgan fingerprint density at radius 3 is 2.67 bits per heavy atom. The van der Waals surface area contributed by atoms with E-state index in [0.717, 1.165) is 24.0 Å². The lowest BCUT2D eigenvalue weighted by Gasteiger charge is -2.34. The fourth-order valence-electron chi connectivity index (χ4n) is 3.17. The van der Waals surface area contributed by atoms with E-state index >= 15 is 0 Å². The van der Waals surface area contributed by atoms with E-state index in [9.17, 15) is 4.39 Å². The lowest BCUT2D eigenvalue weighted by atomic mass is 9.77. The van der Waals surface area contributed by atoms with Crippen LogP contribution in [0.4, 0.5) is 4.39 Å². The minimum atomic E-state index is -0.202. The zero-order chi connectivity index (χ0) is 14.8. The highest BCUT2D eigenvalue weighted by atomic mass is 79.9. The summed E-state index contributed by atoms with van der Waals surface area (Å²) in [6.45, 7) is 1.72. The highest BCUT2D eigenvalue weighted by Gasteiger charge is 2.31. The molecule has 3 rings (SSSR count). The largest absolute Gasteiger partial charge is 0.316 e. The molecule has 1 aliphatic heterocycles. The van der Waals surface area contributed by atoms with Crippen LogP contribution in [0.3, 0.4) is 0 Å². The van der Waals surface area contributed by atoms with Crippen molar-refractivity contribution >= 4 is 27.5 Å². The van der Waals surface area contributed by atoms with Gasteiger partial charge in [0.15, 0.2) is 0 Å². The highest BCUT2D eigenvalue weighted by molar-refractivity contribution is 9.10. The first kappa shape index (κ1) is 15.0.